The number of hydrogen-bond acceptors (Lipinski definition) is 3. The van der Waals surface area contributed by atoms with Gasteiger partial charge in [-0.15, -0.1) is 0 Å². The van der Waals surface area contributed by atoms with Crippen LogP contribution in [0, 0.1) is 5.92 Å². The Balaban J connectivity index is 2.12. The minimum absolute atomic E-state index is 0.0931. The fraction of sp³-hybridized carbons (Fsp3) is 0.500. The summed E-state index contributed by atoms with van der Waals surface area (Å²) in [6, 6.07) is 13.5. The molecule has 0 spiro atoms. The molecule has 2 aromatic rings. The molecule has 0 fully saturated rings. The lowest BCUT2D eigenvalue weighted by Gasteiger charge is -2.19. The number of carbonyl (C=O) groups excluding carboxylic acids is 2. The highest BCUT2D eigenvalue weighted by molar-refractivity contribution is 5.88. The highest BCUT2D eigenvalue weighted by Gasteiger charge is 2.23. The third kappa shape index (κ3) is 6.99. The largest absolute Gasteiger partial charge is 0.464 e. The van der Waals surface area contributed by atoms with Gasteiger partial charge >= 0.3 is 5.97 Å². The maximum atomic E-state index is 12.7. The van der Waals surface area contributed by atoms with Crippen molar-refractivity contribution in [1.82, 2.24) is 5.32 Å². The molecule has 0 unspecified atom stereocenters. The minimum atomic E-state index is -0.660. The maximum absolute atomic E-state index is 12.7. The molecule has 0 aliphatic heterocycles. The Kier molecular flexibility index (Phi) is 8.99. The molecule has 0 saturated carbocycles. The molecule has 2 rings (SSSR count). The average Bonchev–Trinajstić information content (AvgIpc) is 2.69. The SMILES string of the molecule is CCCCCOC(=O)[C@H](Cc1cccc2ccccc12)NC(=O)CCC(C)C. The number of hydrogen-bond donors (Lipinski definition) is 1. The first-order valence-electron chi connectivity index (χ1n) is 10.4. The van der Waals surface area contributed by atoms with Gasteiger partial charge < -0.3 is 10.1 Å². The van der Waals surface area contributed by atoms with E-state index in [1.54, 1.807) is 0 Å². The van der Waals surface area contributed by atoms with E-state index in [9.17, 15) is 9.59 Å². The summed E-state index contributed by atoms with van der Waals surface area (Å²) in [5, 5.41) is 5.14. The van der Waals surface area contributed by atoms with Gasteiger partial charge in [0.05, 0.1) is 6.61 Å². The van der Waals surface area contributed by atoms with Gasteiger partial charge in [0.2, 0.25) is 5.91 Å². The molecule has 0 aliphatic carbocycles. The van der Waals surface area contributed by atoms with Gasteiger partial charge in [0, 0.05) is 12.8 Å². The van der Waals surface area contributed by atoms with Gasteiger partial charge in [-0.05, 0) is 35.1 Å². The van der Waals surface area contributed by atoms with Crippen molar-refractivity contribution in [2.45, 2.75) is 65.3 Å². The van der Waals surface area contributed by atoms with Crippen molar-refractivity contribution in [3.63, 3.8) is 0 Å². The van der Waals surface area contributed by atoms with Gasteiger partial charge in [0.15, 0.2) is 0 Å². The smallest absolute Gasteiger partial charge is 0.328 e. The summed E-state index contributed by atoms with van der Waals surface area (Å²) in [6.45, 7) is 6.69. The Morgan fingerprint density at radius 3 is 2.54 bits per heavy atom. The molecular formula is C24H33NO3. The predicted octanol–water partition coefficient (Wildman–Crippen LogP) is 5.04. The Labute approximate surface area is 168 Å². The third-order valence-corrected chi connectivity index (χ3v) is 4.86. The van der Waals surface area contributed by atoms with Crippen LogP contribution >= 0.6 is 0 Å². The molecule has 4 nitrogen and oxygen atoms in total. The zero-order valence-corrected chi connectivity index (χ0v) is 17.4. The van der Waals surface area contributed by atoms with E-state index in [1.807, 2.05) is 24.3 Å². The third-order valence-electron chi connectivity index (χ3n) is 4.86. The second kappa shape index (κ2) is 11.5. The van der Waals surface area contributed by atoms with Crippen LogP contribution in [0.3, 0.4) is 0 Å². The van der Waals surface area contributed by atoms with E-state index in [0.717, 1.165) is 42.0 Å². The average molecular weight is 384 g/mol. The van der Waals surface area contributed by atoms with E-state index in [4.69, 9.17) is 4.74 Å². The summed E-state index contributed by atoms with van der Waals surface area (Å²) in [4.78, 5) is 25.1. The van der Waals surface area contributed by atoms with E-state index in [1.165, 1.54) is 0 Å². The van der Waals surface area contributed by atoms with Crippen molar-refractivity contribution >= 4 is 22.6 Å². The van der Waals surface area contributed by atoms with E-state index >= 15 is 0 Å². The van der Waals surface area contributed by atoms with Crippen LogP contribution in [0.2, 0.25) is 0 Å². The molecule has 1 atom stereocenters. The van der Waals surface area contributed by atoms with Crippen molar-refractivity contribution in [3.8, 4) is 0 Å². The molecular weight excluding hydrogens is 350 g/mol. The molecule has 1 N–H and O–H groups in total. The van der Waals surface area contributed by atoms with Crippen LogP contribution < -0.4 is 5.32 Å². The summed E-state index contributed by atoms with van der Waals surface area (Å²) in [6.07, 6.45) is 4.61. The van der Waals surface area contributed by atoms with Crippen LogP contribution in [0.5, 0.6) is 0 Å². The van der Waals surface area contributed by atoms with Crippen LogP contribution in [-0.2, 0) is 20.7 Å². The first kappa shape index (κ1) is 21.9. The second-order valence-electron chi connectivity index (χ2n) is 7.77. The molecule has 0 heterocycles. The standard InChI is InChI=1S/C24H33NO3/c1-4-5-8-16-28-24(27)22(25-23(26)15-14-18(2)3)17-20-12-9-11-19-10-6-7-13-21(19)20/h6-7,9-13,18,22H,4-5,8,14-17H2,1-3H3,(H,25,26)/t22-/m0/s1. The first-order chi connectivity index (χ1) is 13.5. The molecule has 1 amide bonds. The van der Waals surface area contributed by atoms with Gasteiger partial charge in [-0.2, -0.15) is 0 Å². The number of carbonyl (C=O) groups is 2. The number of nitrogens with one attached hydrogen (secondary N) is 1. The van der Waals surface area contributed by atoms with Crippen molar-refractivity contribution in [3.05, 3.63) is 48.0 Å². The fourth-order valence-electron chi connectivity index (χ4n) is 3.20. The van der Waals surface area contributed by atoms with Gasteiger partial charge in [0.1, 0.15) is 6.04 Å². The van der Waals surface area contributed by atoms with Crippen LogP contribution in [0.25, 0.3) is 10.8 Å². The number of unbranched alkanes of at least 4 members (excludes halogenated alkanes) is 2. The quantitative estimate of drug-likeness (QED) is 0.437. The fourth-order valence-corrected chi connectivity index (χ4v) is 3.20. The Morgan fingerprint density at radius 1 is 1.04 bits per heavy atom. The van der Waals surface area contributed by atoms with Gasteiger partial charge in [-0.3, -0.25) is 4.79 Å². The highest BCUT2D eigenvalue weighted by atomic mass is 16.5. The van der Waals surface area contributed by atoms with E-state index in [2.05, 4.69) is 44.3 Å². The molecule has 0 aromatic heterocycles. The lowest BCUT2D eigenvalue weighted by Crippen LogP contribution is -2.43. The number of rotatable bonds is 11. The lowest BCUT2D eigenvalue weighted by atomic mass is 9.98. The predicted molar refractivity (Wildman–Crippen MR) is 114 cm³/mol. The number of amides is 1. The van der Waals surface area contributed by atoms with Crippen molar-refractivity contribution in [2.24, 2.45) is 5.92 Å². The molecule has 0 bridgehead atoms. The highest BCUT2D eigenvalue weighted by Crippen LogP contribution is 2.20. The number of ether oxygens (including phenoxy) is 1. The van der Waals surface area contributed by atoms with Gasteiger partial charge in [-0.25, -0.2) is 4.79 Å². The van der Waals surface area contributed by atoms with E-state index in [0.29, 0.717) is 25.4 Å². The van der Waals surface area contributed by atoms with Crippen LogP contribution in [0.4, 0.5) is 0 Å². The lowest BCUT2D eigenvalue weighted by molar-refractivity contribution is -0.148. The molecule has 0 aliphatic rings. The second-order valence-corrected chi connectivity index (χ2v) is 7.77. The zero-order chi connectivity index (χ0) is 20.4. The molecule has 28 heavy (non-hydrogen) atoms. The van der Waals surface area contributed by atoms with Crippen molar-refractivity contribution in [2.75, 3.05) is 6.61 Å². The molecule has 152 valence electrons. The Bertz CT molecular complexity index is 764. The number of fused-ring (bicyclic) bond motifs is 1. The maximum Gasteiger partial charge on any atom is 0.328 e. The van der Waals surface area contributed by atoms with Gasteiger partial charge in [0.25, 0.3) is 0 Å². The van der Waals surface area contributed by atoms with Crippen LogP contribution in [0.1, 0.15) is 58.4 Å². The summed E-state index contributed by atoms with van der Waals surface area (Å²) in [5.41, 5.74) is 1.04. The summed E-state index contributed by atoms with van der Waals surface area (Å²) in [7, 11) is 0. The number of benzene rings is 2. The molecule has 2 aromatic carbocycles. The molecule has 4 heteroatoms. The van der Waals surface area contributed by atoms with Crippen LogP contribution in [0.15, 0.2) is 42.5 Å². The van der Waals surface area contributed by atoms with E-state index in [-0.39, 0.29) is 11.9 Å². The number of esters is 1. The molecule has 0 radical (unpaired) electrons. The Hall–Kier alpha value is -2.36. The summed E-state index contributed by atoms with van der Waals surface area (Å²) < 4.78 is 5.46. The zero-order valence-electron chi connectivity index (χ0n) is 17.4. The Morgan fingerprint density at radius 2 is 1.79 bits per heavy atom. The van der Waals surface area contributed by atoms with E-state index < -0.39 is 6.04 Å². The normalized spacial score (nSPS) is 12.1. The molecule has 0 saturated heterocycles. The van der Waals surface area contributed by atoms with Crippen molar-refractivity contribution < 1.29 is 14.3 Å². The first-order valence-corrected chi connectivity index (χ1v) is 10.4. The monoisotopic (exact) mass is 383 g/mol. The van der Waals surface area contributed by atoms with Crippen molar-refractivity contribution in [1.29, 1.82) is 0 Å². The van der Waals surface area contributed by atoms with Crippen LogP contribution in [-0.4, -0.2) is 24.5 Å². The topological polar surface area (TPSA) is 55.4 Å². The summed E-state index contributed by atoms with van der Waals surface area (Å²) >= 11 is 0. The minimum Gasteiger partial charge on any atom is -0.464 e. The van der Waals surface area contributed by atoms with Gasteiger partial charge in [-0.1, -0.05) is 76.1 Å². The summed E-state index contributed by atoms with van der Waals surface area (Å²) in [5.74, 6) is 0.00893.